The molecule has 0 amide bonds. The number of rotatable bonds is 6. The van der Waals surface area contributed by atoms with Gasteiger partial charge in [0.2, 0.25) is 0 Å². The molecule has 0 aliphatic carbocycles. The average Bonchev–Trinajstić information content (AvgIpc) is 4.06. The van der Waals surface area contributed by atoms with E-state index in [0.717, 1.165) is 92.3 Å². The number of thiazole rings is 1. The molecule has 0 spiro atoms. The SMILES string of the molecule is c1cnc2nc(-n3c(-c4cc5ccccc5[nH]4)nc4c(-c5ncc6[nH]cnc6n5)c(-c5nccs5)c(-c5cc[nH]n5)c(N5CCNCC5)c43)ccc2c1. The van der Waals surface area contributed by atoms with Gasteiger partial charge < -0.3 is 20.2 Å². The molecule has 10 aromatic rings. The molecule has 14 nitrogen and oxygen atoms in total. The molecule has 256 valence electrons. The van der Waals surface area contributed by atoms with Crippen LogP contribution in [-0.4, -0.2) is 85.8 Å². The Morgan fingerprint density at radius 2 is 1.68 bits per heavy atom. The molecule has 1 fully saturated rings. The summed E-state index contributed by atoms with van der Waals surface area (Å²) in [6, 6.07) is 20.4. The lowest BCUT2D eigenvalue weighted by Crippen LogP contribution is -2.44. The van der Waals surface area contributed by atoms with Crippen molar-refractivity contribution in [1.82, 2.24) is 64.9 Å². The summed E-state index contributed by atoms with van der Waals surface area (Å²) in [5.41, 5.74) is 9.54. The maximum absolute atomic E-state index is 5.60. The summed E-state index contributed by atoms with van der Waals surface area (Å²) in [7, 11) is 0. The molecule has 8 aromatic heterocycles. The van der Waals surface area contributed by atoms with Gasteiger partial charge in [-0.3, -0.25) is 9.67 Å². The number of aromatic amines is 3. The fraction of sp³-hybridized carbons (Fsp3) is 0.105. The molecule has 1 aliphatic rings. The molecule has 0 bridgehead atoms. The molecule has 0 radical (unpaired) electrons. The quantitative estimate of drug-likeness (QED) is 0.152. The van der Waals surface area contributed by atoms with E-state index in [4.69, 9.17) is 30.0 Å². The van der Waals surface area contributed by atoms with Crippen molar-refractivity contribution in [2.75, 3.05) is 31.1 Å². The standard InChI is InChI=1S/C38H28N14S/c1-2-6-23-22(4-1)18-25(46-23)37-48-31-30(36-42-19-26-35(49-36)44-20-43-26)29(38-41-14-17-53-38)28(24-9-11-45-50-24)32(51-15-12-39-13-16-51)33(31)52(37)27-8-7-21-5-3-10-40-34(21)47-27/h1-11,14,17-20,39,46H,12-13,15-16H2,(H,45,50)(H,42,43,44,49). The molecule has 0 unspecified atom stereocenters. The molecule has 11 rings (SSSR count). The van der Waals surface area contributed by atoms with E-state index in [1.54, 1.807) is 30.1 Å². The number of anilines is 1. The predicted octanol–water partition coefficient (Wildman–Crippen LogP) is 6.37. The Morgan fingerprint density at radius 3 is 2.55 bits per heavy atom. The van der Waals surface area contributed by atoms with Gasteiger partial charge in [0.05, 0.1) is 40.7 Å². The van der Waals surface area contributed by atoms with E-state index < -0.39 is 0 Å². The lowest BCUT2D eigenvalue weighted by molar-refractivity contribution is 0.590. The first-order valence-electron chi connectivity index (χ1n) is 17.2. The van der Waals surface area contributed by atoms with Gasteiger partial charge in [-0.15, -0.1) is 11.3 Å². The minimum Gasteiger partial charge on any atom is -0.367 e. The Labute approximate surface area is 304 Å². The third kappa shape index (κ3) is 4.74. The minimum atomic E-state index is 0.476. The van der Waals surface area contributed by atoms with E-state index in [1.807, 2.05) is 54.2 Å². The lowest BCUT2D eigenvalue weighted by Gasteiger charge is -2.33. The van der Waals surface area contributed by atoms with Crippen LogP contribution in [0.5, 0.6) is 0 Å². The van der Waals surface area contributed by atoms with E-state index in [9.17, 15) is 0 Å². The first kappa shape index (κ1) is 29.8. The molecule has 9 heterocycles. The van der Waals surface area contributed by atoms with Gasteiger partial charge in [-0.1, -0.05) is 18.2 Å². The van der Waals surface area contributed by atoms with E-state index in [2.05, 4.69) is 64.1 Å². The minimum absolute atomic E-state index is 0.476. The Bertz CT molecular complexity index is 2920. The van der Waals surface area contributed by atoms with Crippen molar-refractivity contribution in [3.63, 3.8) is 0 Å². The van der Waals surface area contributed by atoms with Crippen LogP contribution in [0.3, 0.4) is 0 Å². The Morgan fingerprint density at radius 1 is 0.755 bits per heavy atom. The van der Waals surface area contributed by atoms with Gasteiger partial charge >= 0.3 is 0 Å². The molecule has 2 aromatic carbocycles. The second-order valence-electron chi connectivity index (χ2n) is 12.8. The zero-order valence-electron chi connectivity index (χ0n) is 27.9. The largest absolute Gasteiger partial charge is 0.367 e. The second-order valence-corrected chi connectivity index (χ2v) is 13.7. The molecule has 15 heteroatoms. The van der Waals surface area contributed by atoms with Crippen molar-refractivity contribution in [1.29, 1.82) is 0 Å². The third-order valence-electron chi connectivity index (χ3n) is 9.76. The molecular formula is C38H28N14S. The number of hydrogen-bond donors (Lipinski definition) is 4. The summed E-state index contributed by atoms with van der Waals surface area (Å²) in [6.45, 7) is 3.16. The first-order valence-corrected chi connectivity index (χ1v) is 18.1. The number of fused-ring (bicyclic) bond motifs is 4. The number of nitrogens with one attached hydrogen (secondary N) is 4. The number of nitrogens with zero attached hydrogens (tertiary/aromatic N) is 10. The van der Waals surface area contributed by atoms with Crippen LogP contribution in [-0.2, 0) is 0 Å². The van der Waals surface area contributed by atoms with Gasteiger partial charge in [0.1, 0.15) is 21.9 Å². The smallest absolute Gasteiger partial charge is 0.181 e. The molecule has 0 saturated carbocycles. The number of hydrogen-bond acceptors (Lipinski definition) is 11. The van der Waals surface area contributed by atoms with Crippen molar-refractivity contribution in [2.45, 2.75) is 0 Å². The first-order chi connectivity index (χ1) is 26.3. The number of piperazine rings is 1. The van der Waals surface area contributed by atoms with Crippen molar-refractivity contribution < 1.29 is 0 Å². The number of H-pyrrole nitrogens is 3. The Hall–Kier alpha value is -6.84. The molecular weight excluding hydrogens is 685 g/mol. The van der Waals surface area contributed by atoms with Crippen LogP contribution in [0.1, 0.15) is 0 Å². The summed E-state index contributed by atoms with van der Waals surface area (Å²) in [4.78, 5) is 44.1. The number of para-hydroxylation sites is 1. The fourth-order valence-electron chi connectivity index (χ4n) is 7.44. The highest BCUT2D eigenvalue weighted by molar-refractivity contribution is 7.13. The number of benzene rings is 2. The summed E-state index contributed by atoms with van der Waals surface area (Å²) in [6.07, 6.45) is 8.85. The van der Waals surface area contributed by atoms with Gasteiger partial charge in [-0.2, -0.15) is 5.10 Å². The molecule has 0 atom stereocenters. The van der Waals surface area contributed by atoms with Crippen LogP contribution in [0.2, 0.25) is 0 Å². The number of pyridine rings is 2. The van der Waals surface area contributed by atoms with Gasteiger partial charge in [-0.25, -0.2) is 34.9 Å². The van der Waals surface area contributed by atoms with Crippen LogP contribution in [0, 0.1) is 0 Å². The normalized spacial score (nSPS) is 13.6. The van der Waals surface area contributed by atoms with Crippen LogP contribution < -0.4 is 10.2 Å². The lowest BCUT2D eigenvalue weighted by atomic mass is 9.93. The van der Waals surface area contributed by atoms with Crippen molar-refractivity contribution >= 4 is 61.2 Å². The maximum Gasteiger partial charge on any atom is 0.181 e. The number of imidazole rings is 2. The monoisotopic (exact) mass is 712 g/mol. The highest BCUT2D eigenvalue weighted by Crippen LogP contribution is 2.51. The molecule has 53 heavy (non-hydrogen) atoms. The second kappa shape index (κ2) is 11.9. The maximum atomic E-state index is 5.60. The summed E-state index contributed by atoms with van der Waals surface area (Å²) in [5, 5.41) is 16.3. The predicted molar refractivity (Wildman–Crippen MR) is 206 cm³/mol. The van der Waals surface area contributed by atoms with Crippen LogP contribution >= 0.6 is 11.3 Å². The van der Waals surface area contributed by atoms with Crippen LogP contribution in [0.4, 0.5) is 5.69 Å². The summed E-state index contributed by atoms with van der Waals surface area (Å²) < 4.78 is 2.16. The van der Waals surface area contributed by atoms with Gasteiger partial charge in [0.25, 0.3) is 0 Å². The van der Waals surface area contributed by atoms with Crippen molar-refractivity contribution in [3.8, 4) is 50.6 Å². The topological polar surface area (TPSA) is 171 Å². The van der Waals surface area contributed by atoms with Gasteiger partial charge in [0, 0.05) is 77.6 Å². The molecule has 1 saturated heterocycles. The Kier molecular flexibility index (Phi) is 6.68. The summed E-state index contributed by atoms with van der Waals surface area (Å²) in [5.74, 6) is 1.83. The van der Waals surface area contributed by atoms with Gasteiger partial charge in [-0.05, 0) is 42.5 Å². The average molecular weight is 713 g/mol. The van der Waals surface area contributed by atoms with Crippen LogP contribution in [0.25, 0.3) is 94.7 Å². The zero-order valence-corrected chi connectivity index (χ0v) is 28.8. The van der Waals surface area contributed by atoms with Crippen LogP contribution in [0.15, 0.2) is 97.2 Å². The Balaban J connectivity index is 1.37. The summed E-state index contributed by atoms with van der Waals surface area (Å²) >= 11 is 1.55. The van der Waals surface area contributed by atoms with Gasteiger partial charge in [0.15, 0.2) is 22.9 Å². The molecule has 4 N–H and O–H groups in total. The van der Waals surface area contributed by atoms with E-state index in [1.165, 1.54) is 0 Å². The van der Waals surface area contributed by atoms with E-state index in [-0.39, 0.29) is 0 Å². The van der Waals surface area contributed by atoms with Crippen molar-refractivity contribution in [2.24, 2.45) is 0 Å². The van der Waals surface area contributed by atoms with Crippen molar-refractivity contribution in [3.05, 3.63) is 97.2 Å². The van der Waals surface area contributed by atoms with E-state index in [0.29, 0.717) is 34.3 Å². The zero-order chi connectivity index (χ0) is 34.9. The molecule has 1 aliphatic heterocycles. The van der Waals surface area contributed by atoms with E-state index >= 15 is 0 Å². The third-order valence-corrected chi connectivity index (χ3v) is 10.6. The highest BCUT2D eigenvalue weighted by atomic mass is 32.1. The highest BCUT2D eigenvalue weighted by Gasteiger charge is 2.34. The fourth-order valence-corrected chi connectivity index (χ4v) is 8.13. The number of aromatic nitrogens is 12.